The summed E-state index contributed by atoms with van der Waals surface area (Å²) >= 11 is 0. The molecule has 80 valence electrons. The zero-order chi connectivity index (χ0) is 10.4. The quantitative estimate of drug-likeness (QED) is 0.675. The summed E-state index contributed by atoms with van der Waals surface area (Å²) in [5.74, 6) is 0. The first-order valence-electron chi connectivity index (χ1n) is 4.59. The van der Waals surface area contributed by atoms with Gasteiger partial charge in [-0.25, -0.2) is 0 Å². The van der Waals surface area contributed by atoms with Gasteiger partial charge >= 0.3 is 0 Å². The Labute approximate surface area is 82.9 Å². The summed E-state index contributed by atoms with van der Waals surface area (Å²) in [7, 11) is 1.63. The van der Waals surface area contributed by atoms with Gasteiger partial charge in [-0.15, -0.1) is 0 Å². The van der Waals surface area contributed by atoms with Gasteiger partial charge in [0.25, 0.3) is 0 Å². The summed E-state index contributed by atoms with van der Waals surface area (Å²) < 4.78 is 6.61. The van der Waals surface area contributed by atoms with Crippen LogP contribution in [0, 0.1) is 0 Å². The highest BCUT2D eigenvalue weighted by Gasteiger charge is 2.09. The summed E-state index contributed by atoms with van der Waals surface area (Å²) in [6.07, 6.45) is 1.43. The Bertz CT molecular complexity index is 262. The maximum atomic E-state index is 9.49. The third-order valence-electron chi connectivity index (χ3n) is 1.93. The van der Waals surface area contributed by atoms with E-state index in [2.05, 4.69) is 5.10 Å². The Kier molecular flexibility index (Phi) is 4.58. The van der Waals surface area contributed by atoms with E-state index in [9.17, 15) is 5.11 Å². The number of hydrogen-bond acceptors (Lipinski definition) is 4. The molecule has 0 spiro atoms. The van der Waals surface area contributed by atoms with Gasteiger partial charge in [-0.3, -0.25) is 4.68 Å². The molecule has 1 aromatic heterocycles. The van der Waals surface area contributed by atoms with Crippen LogP contribution in [-0.2, 0) is 11.3 Å². The van der Waals surface area contributed by atoms with E-state index in [1.807, 2.05) is 0 Å². The lowest BCUT2D eigenvalue weighted by Gasteiger charge is -2.04. The van der Waals surface area contributed by atoms with E-state index in [4.69, 9.17) is 9.84 Å². The molecule has 0 bridgehead atoms. The lowest BCUT2D eigenvalue weighted by Crippen LogP contribution is -2.07. The van der Waals surface area contributed by atoms with Crippen molar-refractivity contribution in [2.75, 3.05) is 20.3 Å². The molecule has 5 nitrogen and oxygen atoms in total. The first-order chi connectivity index (χ1) is 6.77. The molecule has 1 rings (SSSR count). The molecule has 0 radical (unpaired) electrons. The van der Waals surface area contributed by atoms with Gasteiger partial charge in [0, 0.05) is 26.3 Å². The van der Waals surface area contributed by atoms with E-state index < -0.39 is 6.10 Å². The van der Waals surface area contributed by atoms with Gasteiger partial charge in [0.05, 0.1) is 24.9 Å². The van der Waals surface area contributed by atoms with Crippen molar-refractivity contribution in [3.63, 3.8) is 0 Å². The SMILES string of the molecule is COCCn1ccc(C(O)CCO)n1. The number of aromatic nitrogens is 2. The van der Waals surface area contributed by atoms with Crippen LogP contribution in [0.1, 0.15) is 18.2 Å². The van der Waals surface area contributed by atoms with Gasteiger partial charge in [0.1, 0.15) is 0 Å². The second-order valence-corrected chi connectivity index (χ2v) is 3.02. The number of rotatable bonds is 6. The highest BCUT2D eigenvalue weighted by molar-refractivity contribution is 5.02. The van der Waals surface area contributed by atoms with Crippen LogP contribution in [0.4, 0.5) is 0 Å². The Morgan fingerprint density at radius 2 is 2.43 bits per heavy atom. The highest BCUT2D eigenvalue weighted by Crippen LogP contribution is 2.12. The summed E-state index contributed by atoms with van der Waals surface area (Å²) in [5.41, 5.74) is 0.593. The lowest BCUT2D eigenvalue weighted by atomic mass is 10.2. The highest BCUT2D eigenvalue weighted by atomic mass is 16.5. The predicted octanol–water partition coefficient (Wildman–Crippen LogP) is -0.0547. The minimum Gasteiger partial charge on any atom is -0.396 e. The molecule has 14 heavy (non-hydrogen) atoms. The topological polar surface area (TPSA) is 67.5 Å². The van der Waals surface area contributed by atoms with Crippen LogP contribution in [0.25, 0.3) is 0 Å². The Morgan fingerprint density at radius 1 is 1.64 bits per heavy atom. The molecule has 0 aliphatic rings. The van der Waals surface area contributed by atoms with Crippen LogP contribution >= 0.6 is 0 Å². The second-order valence-electron chi connectivity index (χ2n) is 3.02. The smallest absolute Gasteiger partial charge is 0.1000 e. The number of aliphatic hydroxyl groups is 2. The van der Waals surface area contributed by atoms with Gasteiger partial charge < -0.3 is 14.9 Å². The molecule has 0 aliphatic carbocycles. The van der Waals surface area contributed by atoms with Gasteiger partial charge in [0.2, 0.25) is 0 Å². The van der Waals surface area contributed by atoms with Crippen LogP contribution in [0.2, 0.25) is 0 Å². The monoisotopic (exact) mass is 200 g/mol. The van der Waals surface area contributed by atoms with Crippen molar-refractivity contribution in [3.05, 3.63) is 18.0 Å². The fourth-order valence-electron chi connectivity index (χ4n) is 1.13. The maximum Gasteiger partial charge on any atom is 0.1000 e. The summed E-state index contributed by atoms with van der Waals surface area (Å²) in [4.78, 5) is 0. The number of nitrogens with zero attached hydrogens (tertiary/aromatic N) is 2. The molecule has 0 fully saturated rings. The van der Waals surface area contributed by atoms with E-state index >= 15 is 0 Å². The molecule has 5 heteroatoms. The maximum absolute atomic E-state index is 9.49. The number of ether oxygens (including phenoxy) is 1. The van der Waals surface area contributed by atoms with Crippen LogP contribution in [0.5, 0.6) is 0 Å². The third kappa shape index (κ3) is 3.10. The van der Waals surface area contributed by atoms with E-state index in [1.54, 1.807) is 24.1 Å². The molecule has 1 heterocycles. The van der Waals surface area contributed by atoms with Crippen molar-refractivity contribution >= 4 is 0 Å². The fraction of sp³-hybridized carbons (Fsp3) is 0.667. The minimum atomic E-state index is -0.677. The van der Waals surface area contributed by atoms with Crippen molar-refractivity contribution in [2.45, 2.75) is 19.1 Å². The van der Waals surface area contributed by atoms with Gasteiger partial charge in [-0.2, -0.15) is 5.10 Å². The average Bonchev–Trinajstić information content (AvgIpc) is 2.63. The molecule has 1 unspecified atom stereocenters. The summed E-state index contributed by atoms with van der Waals surface area (Å²) in [6.45, 7) is 1.23. The van der Waals surface area contributed by atoms with Gasteiger partial charge in [-0.1, -0.05) is 0 Å². The first-order valence-corrected chi connectivity index (χ1v) is 4.59. The molecule has 2 N–H and O–H groups in total. The Balaban J connectivity index is 2.49. The van der Waals surface area contributed by atoms with Crippen LogP contribution in [0.15, 0.2) is 12.3 Å². The Hall–Kier alpha value is -0.910. The van der Waals surface area contributed by atoms with Gasteiger partial charge in [0.15, 0.2) is 0 Å². The van der Waals surface area contributed by atoms with Crippen molar-refractivity contribution in [1.82, 2.24) is 9.78 Å². The van der Waals surface area contributed by atoms with Crippen molar-refractivity contribution < 1.29 is 14.9 Å². The average molecular weight is 200 g/mol. The molecule has 1 aromatic rings. The molecule has 0 amide bonds. The van der Waals surface area contributed by atoms with Gasteiger partial charge in [-0.05, 0) is 6.07 Å². The first kappa shape index (κ1) is 11.2. The number of hydrogen-bond donors (Lipinski definition) is 2. The van der Waals surface area contributed by atoms with Crippen LogP contribution in [0.3, 0.4) is 0 Å². The van der Waals surface area contributed by atoms with Crippen molar-refractivity contribution in [1.29, 1.82) is 0 Å². The predicted molar refractivity (Wildman–Crippen MR) is 50.8 cm³/mol. The standard InChI is InChI=1S/C9H16N2O3/c1-14-7-5-11-4-2-8(10-11)9(13)3-6-12/h2,4,9,12-13H,3,5-7H2,1H3. The third-order valence-corrected chi connectivity index (χ3v) is 1.93. The molecular formula is C9H16N2O3. The van der Waals surface area contributed by atoms with Crippen molar-refractivity contribution in [3.8, 4) is 0 Å². The molecule has 0 aromatic carbocycles. The molecule has 0 saturated carbocycles. The zero-order valence-corrected chi connectivity index (χ0v) is 8.26. The minimum absolute atomic E-state index is 0.0356. The van der Waals surface area contributed by atoms with E-state index in [0.717, 1.165) is 0 Å². The molecule has 0 saturated heterocycles. The molecular weight excluding hydrogens is 184 g/mol. The van der Waals surface area contributed by atoms with Crippen molar-refractivity contribution in [2.24, 2.45) is 0 Å². The summed E-state index contributed by atoms with van der Waals surface area (Å²) in [6, 6.07) is 1.75. The second kappa shape index (κ2) is 5.74. The van der Waals surface area contributed by atoms with E-state index in [-0.39, 0.29) is 6.61 Å². The molecule has 1 atom stereocenters. The summed E-state index contributed by atoms with van der Waals surface area (Å²) in [5, 5.41) is 22.3. The Morgan fingerprint density at radius 3 is 3.07 bits per heavy atom. The van der Waals surface area contributed by atoms with E-state index in [1.165, 1.54) is 0 Å². The molecule has 0 aliphatic heterocycles. The normalized spacial score (nSPS) is 13.1. The fourth-order valence-corrected chi connectivity index (χ4v) is 1.13. The largest absolute Gasteiger partial charge is 0.396 e. The van der Waals surface area contributed by atoms with Crippen LogP contribution < -0.4 is 0 Å². The number of aliphatic hydroxyl groups excluding tert-OH is 2. The van der Waals surface area contributed by atoms with E-state index in [0.29, 0.717) is 25.3 Å². The number of methoxy groups -OCH3 is 1. The lowest BCUT2D eigenvalue weighted by molar-refractivity contribution is 0.129. The van der Waals surface area contributed by atoms with Crippen LogP contribution in [-0.4, -0.2) is 40.3 Å². The zero-order valence-electron chi connectivity index (χ0n) is 8.26.